The second kappa shape index (κ2) is 8.54. The molecule has 1 amide bonds. The average Bonchev–Trinajstić information content (AvgIpc) is 2.64. The minimum atomic E-state index is -0.0385. The smallest absolute Gasteiger partial charge is 0.235 e. The predicted molar refractivity (Wildman–Crippen MR) is 105 cm³/mol. The lowest BCUT2D eigenvalue weighted by molar-refractivity contribution is -0.132. The summed E-state index contributed by atoms with van der Waals surface area (Å²) < 4.78 is 0. The molecule has 0 aromatic heterocycles. The molecule has 25 heavy (non-hydrogen) atoms. The summed E-state index contributed by atoms with van der Waals surface area (Å²) in [4.78, 5) is 18.3. The Hall–Kier alpha value is -1.78. The van der Waals surface area contributed by atoms with E-state index in [9.17, 15) is 4.79 Å². The van der Waals surface area contributed by atoms with Crippen LogP contribution in [0.15, 0.2) is 59.5 Å². The minimum absolute atomic E-state index is 0.0385. The molecule has 2 aromatic rings. The molecule has 2 aromatic carbocycles. The van der Waals surface area contributed by atoms with E-state index in [-0.39, 0.29) is 11.2 Å². The highest BCUT2D eigenvalue weighted by Crippen LogP contribution is 2.25. The summed E-state index contributed by atoms with van der Waals surface area (Å²) in [6, 6.07) is 18.9. The lowest BCUT2D eigenvalue weighted by Gasteiger charge is -2.35. The van der Waals surface area contributed by atoms with Gasteiger partial charge in [0.1, 0.15) is 0 Å². The maximum Gasteiger partial charge on any atom is 0.235 e. The highest BCUT2D eigenvalue weighted by Gasteiger charge is 2.25. The molecule has 1 heterocycles. The van der Waals surface area contributed by atoms with Crippen molar-refractivity contribution < 1.29 is 4.79 Å². The van der Waals surface area contributed by atoms with E-state index in [0.717, 1.165) is 37.6 Å². The van der Waals surface area contributed by atoms with Crippen LogP contribution in [0.2, 0.25) is 0 Å². The number of carbonyl (C=O) groups is 1. The van der Waals surface area contributed by atoms with Crippen LogP contribution in [0.25, 0.3) is 0 Å². The number of amides is 1. The van der Waals surface area contributed by atoms with Crippen molar-refractivity contribution in [3.63, 3.8) is 0 Å². The quantitative estimate of drug-likeness (QED) is 0.763. The molecule has 1 unspecified atom stereocenters. The molecule has 1 aliphatic heterocycles. The molecular weight excluding hydrogens is 328 g/mol. The molecule has 0 radical (unpaired) electrons. The van der Waals surface area contributed by atoms with Gasteiger partial charge in [0.05, 0.1) is 5.25 Å². The summed E-state index contributed by atoms with van der Waals surface area (Å²) in [6.45, 7) is 8.61. The van der Waals surface area contributed by atoms with Gasteiger partial charge in [-0.1, -0.05) is 48.0 Å². The molecule has 1 saturated heterocycles. The fourth-order valence-electron chi connectivity index (χ4n) is 3.10. The van der Waals surface area contributed by atoms with E-state index < -0.39 is 0 Å². The number of carbonyl (C=O) groups excluding carboxylic acids is 1. The Labute approximate surface area is 155 Å². The van der Waals surface area contributed by atoms with Crippen molar-refractivity contribution in [1.29, 1.82) is 0 Å². The van der Waals surface area contributed by atoms with Gasteiger partial charge in [-0.15, -0.1) is 11.8 Å². The van der Waals surface area contributed by atoms with Crippen LogP contribution in [-0.2, 0) is 11.3 Å². The van der Waals surface area contributed by atoms with Crippen LogP contribution in [-0.4, -0.2) is 47.1 Å². The summed E-state index contributed by atoms with van der Waals surface area (Å²) in [5.41, 5.74) is 2.59. The predicted octanol–water partition coefficient (Wildman–Crippen LogP) is 3.82. The number of aryl methyl sites for hydroxylation is 1. The number of benzene rings is 2. The number of piperazine rings is 1. The second-order valence-electron chi connectivity index (χ2n) is 6.66. The number of hydrogen-bond acceptors (Lipinski definition) is 3. The molecule has 132 valence electrons. The van der Waals surface area contributed by atoms with Crippen molar-refractivity contribution in [3.8, 4) is 0 Å². The molecule has 0 N–H and O–H groups in total. The van der Waals surface area contributed by atoms with Crippen molar-refractivity contribution in [2.45, 2.75) is 30.5 Å². The lowest BCUT2D eigenvalue weighted by atomic mass is 10.2. The van der Waals surface area contributed by atoms with Gasteiger partial charge in [-0.25, -0.2) is 0 Å². The maximum atomic E-state index is 12.7. The minimum Gasteiger partial charge on any atom is -0.339 e. The zero-order valence-corrected chi connectivity index (χ0v) is 15.8. The number of nitrogens with zero attached hydrogens (tertiary/aromatic N) is 2. The van der Waals surface area contributed by atoms with Crippen molar-refractivity contribution in [3.05, 3.63) is 65.7 Å². The standard InChI is InChI=1S/C21H26N2OS/c1-17-8-10-20(11-9-17)25-18(2)21(24)23-14-12-22(13-15-23)16-19-6-4-3-5-7-19/h3-11,18H,12-16H2,1-2H3. The van der Waals surface area contributed by atoms with Gasteiger partial charge in [-0.2, -0.15) is 0 Å². The number of hydrogen-bond donors (Lipinski definition) is 0. The molecule has 1 atom stereocenters. The van der Waals surface area contributed by atoms with E-state index in [4.69, 9.17) is 0 Å². The number of thioether (sulfide) groups is 1. The highest BCUT2D eigenvalue weighted by atomic mass is 32.2. The van der Waals surface area contributed by atoms with Gasteiger partial charge in [0.15, 0.2) is 0 Å². The molecule has 0 saturated carbocycles. The second-order valence-corrected chi connectivity index (χ2v) is 8.07. The van der Waals surface area contributed by atoms with Crippen molar-refractivity contribution in [1.82, 2.24) is 9.80 Å². The first-order chi connectivity index (χ1) is 12.1. The van der Waals surface area contributed by atoms with Gasteiger partial charge < -0.3 is 4.90 Å². The molecule has 3 nitrogen and oxygen atoms in total. The maximum absolute atomic E-state index is 12.7. The van der Waals surface area contributed by atoms with E-state index in [1.54, 1.807) is 11.8 Å². The van der Waals surface area contributed by atoms with Gasteiger partial charge in [0.2, 0.25) is 5.91 Å². The van der Waals surface area contributed by atoms with E-state index in [1.165, 1.54) is 11.1 Å². The van der Waals surface area contributed by atoms with Crippen LogP contribution in [0.5, 0.6) is 0 Å². The van der Waals surface area contributed by atoms with Crippen molar-refractivity contribution in [2.75, 3.05) is 26.2 Å². The first-order valence-corrected chi connectivity index (χ1v) is 9.78. The van der Waals surface area contributed by atoms with Crippen LogP contribution >= 0.6 is 11.8 Å². The molecule has 0 aliphatic carbocycles. The zero-order chi connectivity index (χ0) is 17.6. The van der Waals surface area contributed by atoms with Crippen LogP contribution in [0.4, 0.5) is 0 Å². The highest BCUT2D eigenvalue weighted by molar-refractivity contribution is 8.00. The first kappa shape index (κ1) is 18.0. The van der Waals surface area contributed by atoms with Crippen LogP contribution in [0.1, 0.15) is 18.1 Å². The van der Waals surface area contributed by atoms with E-state index in [1.807, 2.05) is 17.9 Å². The summed E-state index contributed by atoms with van der Waals surface area (Å²) in [5, 5.41) is -0.0385. The molecule has 1 fully saturated rings. The summed E-state index contributed by atoms with van der Waals surface area (Å²) in [5.74, 6) is 0.255. The molecule has 3 rings (SSSR count). The Morgan fingerprint density at radius 3 is 2.28 bits per heavy atom. The monoisotopic (exact) mass is 354 g/mol. The summed E-state index contributed by atoms with van der Waals surface area (Å²) in [7, 11) is 0. The molecule has 1 aliphatic rings. The third-order valence-electron chi connectivity index (χ3n) is 4.61. The van der Waals surface area contributed by atoms with Crippen molar-refractivity contribution in [2.24, 2.45) is 0 Å². The van der Waals surface area contributed by atoms with Gasteiger partial charge >= 0.3 is 0 Å². The Morgan fingerprint density at radius 2 is 1.64 bits per heavy atom. The Balaban J connectivity index is 1.48. The SMILES string of the molecule is Cc1ccc(SC(C)C(=O)N2CCN(Cc3ccccc3)CC2)cc1. The molecule has 4 heteroatoms. The third kappa shape index (κ3) is 5.10. The third-order valence-corrected chi connectivity index (χ3v) is 5.71. The number of rotatable bonds is 5. The van der Waals surface area contributed by atoms with E-state index in [2.05, 4.69) is 60.4 Å². The topological polar surface area (TPSA) is 23.6 Å². The molecule has 0 bridgehead atoms. The van der Waals surface area contributed by atoms with Gasteiger partial charge in [-0.05, 0) is 31.5 Å². The summed E-state index contributed by atoms with van der Waals surface area (Å²) >= 11 is 1.65. The van der Waals surface area contributed by atoms with Gasteiger partial charge in [0.25, 0.3) is 0 Å². The molecule has 0 spiro atoms. The fourth-order valence-corrected chi connectivity index (χ4v) is 4.05. The van der Waals surface area contributed by atoms with Crippen LogP contribution in [0.3, 0.4) is 0 Å². The Kier molecular flexibility index (Phi) is 6.16. The van der Waals surface area contributed by atoms with Gasteiger partial charge in [0, 0.05) is 37.6 Å². The zero-order valence-electron chi connectivity index (χ0n) is 15.0. The summed E-state index contributed by atoms with van der Waals surface area (Å²) in [6.07, 6.45) is 0. The largest absolute Gasteiger partial charge is 0.339 e. The van der Waals surface area contributed by atoms with E-state index >= 15 is 0 Å². The first-order valence-electron chi connectivity index (χ1n) is 8.90. The van der Waals surface area contributed by atoms with E-state index in [0.29, 0.717) is 0 Å². The Morgan fingerprint density at radius 1 is 1.00 bits per heavy atom. The lowest BCUT2D eigenvalue weighted by Crippen LogP contribution is -2.50. The van der Waals surface area contributed by atoms with Crippen molar-refractivity contribution >= 4 is 17.7 Å². The Bertz CT molecular complexity index is 679. The van der Waals surface area contributed by atoms with Crippen LogP contribution in [0, 0.1) is 6.92 Å². The van der Waals surface area contributed by atoms with Gasteiger partial charge in [-0.3, -0.25) is 9.69 Å². The molecular formula is C21H26N2OS. The van der Waals surface area contributed by atoms with Crippen LogP contribution < -0.4 is 0 Å². The normalized spacial score (nSPS) is 16.6. The fraction of sp³-hybridized carbons (Fsp3) is 0.381. The average molecular weight is 355 g/mol.